The molecule has 0 atom stereocenters. The summed E-state index contributed by atoms with van der Waals surface area (Å²) < 4.78 is 26.0. The fourth-order valence-corrected chi connectivity index (χ4v) is 3.00. The van der Waals surface area contributed by atoms with E-state index in [0.29, 0.717) is 16.8 Å². The highest BCUT2D eigenvalue weighted by Crippen LogP contribution is 2.34. The Morgan fingerprint density at radius 1 is 0.955 bits per heavy atom. The van der Waals surface area contributed by atoms with E-state index in [2.05, 4.69) is 4.98 Å². The molecule has 0 amide bonds. The molecule has 0 saturated heterocycles. The molecule has 3 aromatic rings. The van der Waals surface area contributed by atoms with Gasteiger partial charge in [0.15, 0.2) is 5.01 Å². The maximum atomic E-state index is 13.0. The van der Waals surface area contributed by atoms with E-state index in [-0.39, 0.29) is 15.7 Å². The van der Waals surface area contributed by atoms with Gasteiger partial charge in [-0.05, 0) is 0 Å². The Hall–Kier alpha value is -2.40. The zero-order valence-corrected chi connectivity index (χ0v) is 12.2. The first kappa shape index (κ1) is 14.5. The Morgan fingerprint density at radius 3 is 2.14 bits per heavy atom. The van der Waals surface area contributed by atoms with Crippen LogP contribution < -0.4 is 0 Å². The number of nitrogens with zero attached hydrogens (tertiary/aromatic N) is 1. The number of hydrogen-bond donors (Lipinski definition) is 0. The summed E-state index contributed by atoms with van der Waals surface area (Å²) in [5.74, 6) is -0.288. The summed E-state index contributed by atoms with van der Waals surface area (Å²) in [5, 5.41) is -0.335. The van der Waals surface area contributed by atoms with E-state index in [9.17, 15) is 13.6 Å². The molecular weight excluding hydrogens is 304 g/mol. The standard InChI is InChI=1S/C17H11F2NOS/c18-16(19)17-20-13(11-7-3-1-4-8-11)15(22-17)14(21)12-9-5-2-6-10-12/h1-10,16H. The van der Waals surface area contributed by atoms with Crippen molar-refractivity contribution in [2.45, 2.75) is 6.43 Å². The van der Waals surface area contributed by atoms with E-state index in [0.717, 1.165) is 11.3 Å². The summed E-state index contributed by atoms with van der Waals surface area (Å²) in [6.45, 7) is 0. The lowest BCUT2D eigenvalue weighted by Gasteiger charge is -2.02. The Morgan fingerprint density at radius 2 is 1.55 bits per heavy atom. The van der Waals surface area contributed by atoms with Crippen LogP contribution in [0.1, 0.15) is 26.7 Å². The quantitative estimate of drug-likeness (QED) is 0.636. The highest BCUT2D eigenvalue weighted by molar-refractivity contribution is 7.14. The van der Waals surface area contributed by atoms with Crippen LogP contribution in [-0.2, 0) is 0 Å². The number of hydrogen-bond acceptors (Lipinski definition) is 3. The van der Waals surface area contributed by atoms with E-state index in [1.54, 1.807) is 54.6 Å². The molecule has 5 heteroatoms. The Labute approximate surface area is 130 Å². The van der Waals surface area contributed by atoms with Gasteiger partial charge in [0, 0.05) is 11.1 Å². The van der Waals surface area contributed by atoms with Crippen molar-refractivity contribution in [3.05, 3.63) is 76.1 Å². The van der Waals surface area contributed by atoms with Crippen LogP contribution in [0.2, 0.25) is 0 Å². The van der Waals surface area contributed by atoms with E-state index in [1.165, 1.54) is 0 Å². The predicted molar refractivity (Wildman–Crippen MR) is 82.4 cm³/mol. The van der Waals surface area contributed by atoms with Crippen LogP contribution in [0.25, 0.3) is 11.3 Å². The number of aromatic nitrogens is 1. The first-order chi connectivity index (χ1) is 10.7. The van der Waals surface area contributed by atoms with E-state index >= 15 is 0 Å². The van der Waals surface area contributed by atoms with Crippen molar-refractivity contribution < 1.29 is 13.6 Å². The molecule has 0 spiro atoms. The first-order valence-electron chi connectivity index (χ1n) is 6.61. The van der Waals surface area contributed by atoms with Gasteiger partial charge in [0.05, 0.1) is 5.69 Å². The van der Waals surface area contributed by atoms with E-state index < -0.39 is 6.43 Å². The van der Waals surface area contributed by atoms with Crippen molar-refractivity contribution in [1.82, 2.24) is 4.98 Å². The van der Waals surface area contributed by atoms with Crippen LogP contribution in [0.3, 0.4) is 0 Å². The molecular formula is C17H11F2NOS. The minimum atomic E-state index is -2.69. The molecule has 0 saturated carbocycles. The van der Waals surface area contributed by atoms with Gasteiger partial charge < -0.3 is 0 Å². The third-order valence-corrected chi connectivity index (χ3v) is 4.18. The van der Waals surface area contributed by atoms with Gasteiger partial charge >= 0.3 is 0 Å². The van der Waals surface area contributed by atoms with Gasteiger partial charge in [-0.3, -0.25) is 4.79 Å². The fourth-order valence-electron chi connectivity index (χ4n) is 2.10. The van der Waals surface area contributed by atoms with Gasteiger partial charge in [0.25, 0.3) is 6.43 Å². The molecule has 2 aromatic carbocycles. The topological polar surface area (TPSA) is 30.0 Å². The Kier molecular flexibility index (Phi) is 4.06. The van der Waals surface area contributed by atoms with Gasteiger partial charge in [-0.25, -0.2) is 13.8 Å². The van der Waals surface area contributed by atoms with Crippen molar-refractivity contribution in [2.75, 3.05) is 0 Å². The molecule has 0 unspecified atom stereocenters. The smallest absolute Gasteiger partial charge is 0.288 e. The van der Waals surface area contributed by atoms with E-state index in [4.69, 9.17) is 0 Å². The summed E-state index contributed by atoms with van der Waals surface area (Å²) in [7, 11) is 0. The van der Waals surface area contributed by atoms with Gasteiger partial charge in [0.1, 0.15) is 4.88 Å². The molecule has 0 bridgehead atoms. The van der Waals surface area contributed by atoms with Crippen molar-refractivity contribution in [2.24, 2.45) is 0 Å². The number of halogens is 2. The molecule has 3 rings (SSSR count). The van der Waals surface area contributed by atoms with Gasteiger partial charge in [-0.2, -0.15) is 0 Å². The molecule has 0 aliphatic rings. The molecule has 1 aromatic heterocycles. The lowest BCUT2D eigenvalue weighted by Crippen LogP contribution is -2.00. The number of rotatable bonds is 4. The molecule has 2 nitrogen and oxygen atoms in total. The number of alkyl halides is 2. The van der Waals surface area contributed by atoms with Crippen LogP contribution in [0.15, 0.2) is 60.7 Å². The zero-order chi connectivity index (χ0) is 15.5. The molecule has 0 aliphatic heterocycles. The molecule has 0 N–H and O–H groups in total. The number of carbonyl (C=O) groups excluding carboxylic acids is 1. The molecule has 0 fully saturated rings. The largest absolute Gasteiger partial charge is 0.289 e. The minimum Gasteiger partial charge on any atom is -0.288 e. The summed E-state index contributed by atoms with van der Waals surface area (Å²) >= 11 is 0.755. The van der Waals surface area contributed by atoms with Crippen LogP contribution in [0, 0.1) is 0 Å². The maximum absolute atomic E-state index is 13.0. The molecule has 0 radical (unpaired) electrons. The third-order valence-electron chi connectivity index (χ3n) is 3.12. The highest BCUT2D eigenvalue weighted by Gasteiger charge is 2.23. The van der Waals surface area contributed by atoms with Crippen molar-refractivity contribution in [3.8, 4) is 11.3 Å². The molecule has 110 valence electrons. The van der Waals surface area contributed by atoms with Crippen LogP contribution in [-0.4, -0.2) is 10.8 Å². The highest BCUT2D eigenvalue weighted by atomic mass is 32.1. The average molecular weight is 315 g/mol. The molecule has 1 heterocycles. The zero-order valence-electron chi connectivity index (χ0n) is 11.4. The number of ketones is 1. The van der Waals surface area contributed by atoms with Crippen molar-refractivity contribution in [3.63, 3.8) is 0 Å². The third kappa shape index (κ3) is 2.80. The van der Waals surface area contributed by atoms with Crippen LogP contribution in [0.4, 0.5) is 8.78 Å². The first-order valence-corrected chi connectivity index (χ1v) is 7.42. The second kappa shape index (κ2) is 6.15. The second-order valence-corrected chi connectivity index (χ2v) is 5.62. The lowest BCUT2D eigenvalue weighted by atomic mass is 10.1. The number of benzene rings is 2. The Balaban J connectivity index is 2.12. The number of thiazole rings is 1. The molecule has 22 heavy (non-hydrogen) atoms. The number of carbonyl (C=O) groups is 1. The normalized spacial score (nSPS) is 10.9. The molecule has 0 aliphatic carbocycles. The maximum Gasteiger partial charge on any atom is 0.289 e. The SMILES string of the molecule is O=C(c1ccccc1)c1sc(C(F)F)nc1-c1ccccc1. The van der Waals surface area contributed by atoms with Gasteiger partial charge in [0.2, 0.25) is 5.78 Å². The van der Waals surface area contributed by atoms with E-state index in [1.807, 2.05) is 6.07 Å². The Bertz CT molecular complexity index is 785. The second-order valence-electron chi connectivity index (χ2n) is 4.59. The summed E-state index contributed by atoms with van der Waals surface area (Å²) in [6, 6.07) is 17.5. The fraction of sp³-hybridized carbons (Fsp3) is 0.0588. The van der Waals surface area contributed by atoms with Crippen molar-refractivity contribution in [1.29, 1.82) is 0 Å². The van der Waals surface area contributed by atoms with Crippen molar-refractivity contribution >= 4 is 17.1 Å². The minimum absolute atomic E-state index is 0.243. The van der Waals surface area contributed by atoms with Gasteiger partial charge in [-0.1, -0.05) is 60.7 Å². The van der Waals surface area contributed by atoms with Crippen LogP contribution >= 0.6 is 11.3 Å². The summed E-state index contributed by atoms with van der Waals surface area (Å²) in [4.78, 5) is 16.8. The van der Waals surface area contributed by atoms with Gasteiger partial charge in [-0.15, -0.1) is 11.3 Å². The predicted octanol–water partition coefficient (Wildman–Crippen LogP) is 4.98. The average Bonchev–Trinajstić information content (AvgIpc) is 3.01. The van der Waals surface area contributed by atoms with Crippen LogP contribution in [0.5, 0.6) is 0 Å². The lowest BCUT2D eigenvalue weighted by molar-refractivity contribution is 0.104. The summed E-state index contributed by atoms with van der Waals surface area (Å²) in [6.07, 6.45) is -2.69. The summed E-state index contributed by atoms with van der Waals surface area (Å²) in [5.41, 5.74) is 1.43. The monoisotopic (exact) mass is 315 g/mol.